The molecule has 0 aliphatic carbocycles. The maximum absolute atomic E-state index is 12.2. The number of rotatable bonds is 5. The number of aromatic hydroxyl groups is 2. The van der Waals surface area contributed by atoms with Crippen molar-refractivity contribution in [2.24, 2.45) is 10.2 Å². The lowest BCUT2D eigenvalue weighted by atomic mass is 10.1. The number of aliphatic hydroxyl groups is 1. The van der Waals surface area contributed by atoms with Gasteiger partial charge in [0.15, 0.2) is 5.69 Å². The van der Waals surface area contributed by atoms with Crippen LogP contribution in [0.5, 0.6) is 11.6 Å². The summed E-state index contributed by atoms with van der Waals surface area (Å²) >= 11 is 0. The van der Waals surface area contributed by atoms with Crippen molar-refractivity contribution in [2.45, 2.75) is 19.9 Å². The minimum Gasteiger partial charge on any atom is -0.508 e. The summed E-state index contributed by atoms with van der Waals surface area (Å²) in [5.41, 5.74) is -0.104. The van der Waals surface area contributed by atoms with Crippen LogP contribution in [0.3, 0.4) is 0 Å². The van der Waals surface area contributed by atoms with Crippen LogP contribution >= 0.6 is 0 Å². The lowest BCUT2D eigenvalue weighted by molar-refractivity contribution is 0.274. The van der Waals surface area contributed by atoms with E-state index < -0.39 is 11.4 Å². The van der Waals surface area contributed by atoms with E-state index in [0.717, 1.165) is 4.57 Å². The Kier molecular flexibility index (Phi) is 5.29. The molecule has 0 saturated carbocycles. The van der Waals surface area contributed by atoms with Gasteiger partial charge in [0.2, 0.25) is 5.88 Å². The fraction of sp³-hybridized carbons (Fsp3) is 0.250. The monoisotopic (exact) mass is 328 g/mol. The smallest absolute Gasteiger partial charge is 0.271 e. The van der Waals surface area contributed by atoms with E-state index in [1.165, 1.54) is 31.2 Å². The normalized spacial score (nSPS) is 10.9. The molecule has 1 aromatic heterocycles. The van der Waals surface area contributed by atoms with Gasteiger partial charge in [0.1, 0.15) is 17.4 Å². The largest absolute Gasteiger partial charge is 0.508 e. The van der Waals surface area contributed by atoms with Crippen LogP contribution < -0.4 is 5.56 Å². The molecule has 0 spiro atoms. The second-order valence-corrected chi connectivity index (χ2v) is 5.03. The Bertz CT molecular complexity index is 864. The van der Waals surface area contributed by atoms with Gasteiger partial charge in [0, 0.05) is 18.7 Å². The molecule has 0 atom stereocenters. The second kappa shape index (κ2) is 7.39. The standard InChI is InChI=1S/C16H16N4O4/c1-10-13(9-17)15(23)20(7-2-8-21)16(24)14(10)19-18-11-3-5-12(22)6-4-11/h3-6,21-22,24H,2,7-8H2,1H3/b19-18+. The molecule has 24 heavy (non-hydrogen) atoms. The number of hydrogen-bond acceptors (Lipinski definition) is 7. The van der Waals surface area contributed by atoms with Crippen molar-refractivity contribution in [1.29, 1.82) is 5.26 Å². The average Bonchev–Trinajstić information content (AvgIpc) is 2.57. The molecule has 2 rings (SSSR count). The highest BCUT2D eigenvalue weighted by molar-refractivity contribution is 5.59. The first-order valence-electron chi connectivity index (χ1n) is 7.17. The molecule has 0 amide bonds. The summed E-state index contributed by atoms with van der Waals surface area (Å²) in [7, 11) is 0. The zero-order chi connectivity index (χ0) is 17.7. The zero-order valence-corrected chi connectivity index (χ0v) is 13.0. The molecule has 3 N–H and O–H groups in total. The van der Waals surface area contributed by atoms with Gasteiger partial charge in [-0.15, -0.1) is 5.11 Å². The van der Waals surface area contributed by atoms with Gasteiger partial charge >= 0.3 is 0 Å². The highest BCUT2D eigenvalue weighted by Crippen LogP contribution is 2.32. The molecule has 124 valence electrons. The van der Waals surface area contributed by atoms with E-state index in [9.17, 15) is 20.3 Å². The van der Waals surface area contributed by atoms with Crippen molar-refractivity contribution >= 4 is 11.4 Å². The Morgan fingerprint density at radius 2 is 1.88 bits per heavy atom. The quantitative estimate of drug-likeness (QED) is 0.724. The first-order chi connectivity index (χ1) is 11.5. The SMILES string of the molecule is Cc1c(/N=N/c2ccc(O)cc2)c(O)n(CCCO)c(=O)c1C#N. The highest BCUT2D eigenvalue weighted by Gasteiger charge is 2.18. The molecule has 0 unspecified atom stereocenters. The fourth-order valence-electron chi connectivity index (χ4n) is 2.12. The van der Waals surface area contributed by atoms with Crippen molar-refractivity contribution in [3.63, 3.8) is 0 Å². The Balaban J connectivity index is 2.54. The van der Waals surface area contributed by atoms with Gasteiger partial charge in [-0.25, -0.2) is 0 Å². The number of aromatic nitrogens is 1. The number of aliphatic hydroxyl groups excluding tert-OH is 1. The lowest BCUT2D eigenvalue weighted by Gasteiger charge is -2.12. The van der Waals surface area contributed by atoms with Gasteiger partial charge in [0.25, 0.3) is 5.56 Å². The van der Waals surface area contributed by atoms with Gasteiger partial charge in [-0.1, -0.05) is 0 Å². The minimum absolute atomic E-state index is 0.0113. The number of pyridine rings is 1. The summed E-state index contributed by atoms with van der Waals surface area (Å²) in [4.78, 5) is 12.2. The van der Waals surface area contributed by atoms with Crippen molar-refractivity contribution in [1.82, 2.24) is 4.57 Å². The Hall–Kier alpha value is -3.18. The molecule has 0 aliphatic heterocycles. The van der Waals surface area contributed by atoms with E-state index in [1.807, 2.05) is 6.07 Å². The summed E-state index contributed by atoms with van der Waals surface area (Å²) in [6.45, 7) is 1.39. The summed E-state index contributed by atoms with van der Waals surface area (Å²) in [6, 6.07) is 7.73. The first kappa shape index (κ1) is 17.2. The number of nitriles is 1. The number of phenolic OH excluding ortho intramolecular Hbond substituents is 1. The van der Waals surface area contributed by atoms with E-state index in [0.29, 0.717) is 5.69 Å². The van der Waals surface area contributed by atoms with Crippen LogP contribution in [0, 0.1) is 18.3 Å². The summed E-state index contributed by atoms with van der Waals surface area (Å²) in [5, 5.41) is 45.5. The molecule has 1 aromatic carbocycles. The van der Waals surface area contributed by atoms with Crippen LogP contribution in [0.15, 0.2) is 39.3 Å². The number of azo groups is 1. The topological polar surface area (TPSA) is 131 Å². The molecule has 0 aliphatic rings. The van der Waals surface area contributed by atoms with E-state index in [2.05, 4.69) is 10.2 Å². The molecule has 8 heteroatoms. The van der Waals surface area contributed by atoms with Crippen molar-refractivity contribution in [3.8, 4) is 17.7 Å². The third-order valence-electron chi connectivity index (χ3n) is 3.42. The third-order valence-corrected chi connectivity index (χ3v) is 3.42. The van der Waals surface area contributed by atoms with Crippen molar-refractivity contribution in [2.75, 3.05) is 6.61 Å². The van der Waals surface area contributed by atoms with Crippen LogP contribution in [-0.4, -0.2) is 26.5 Å². The van der Waals surface area contributed by atoms with Crippen LogP contribution in [0.2, 0.25) is 0 Å². The van der Waals surface area contributed by atoms with E-state index >= 15 is 0 Å². The van der Waals surface area contributed by atoms with E-state index in [4.69, 9.17) is 5.11 Å². The molecule has 0 radical (unpaired) electrons. The Labute approximate surface area is 137 Å². The number of nitrogens with zero attached hydrogens (tertiary/aromatic N) is 4. The van der Waals surface area contributed by atoms with Gasteiger partial charge in [-0.2, -0.15) is 10.4 Å². The van der Waals surface area contributed by atoms with Crippen molar-refractivity contribution in [3.05, 3.63) is 45.7 Å². The fourth-order valence-corrected chi connectivity index (χ4v) is 2.12. The van der Waals surface area contributed by atoms with E-state index in [1.54, 1.807) is 0 Å². The summed E-state index contributed by atoms with van der Waals surface area (Å²) < 4.78 is 0.993. The zero-order valence-electron chi connectivity index (χ0n) is 13.0. The molecule has 0 bridgehead atoms. The highest BCUT2D eigenvalue weighted by atomic mass is 16.3. The van der Waals surface area contributed by atoms with Crippen molar-refractivity contribution < 1.29 is 15.3 Å². The minimum atomic E-state index is -0.635. The summed E-state index contributed by atoms with van der Waals surface area (Å²) in [6.07, 6.45) is 0.246. The van der Waals surface area contributed by atoms with E-state index in [-0.39, 0.29) is 42.1 Å². The molecule has 8 nitrogen and oxygen atoms in total. The van der Waals surface area contributed by atoms with Gasteiger partial charge in [0.05, 0.1) is 5.69 Å². The second-order valence-electron chi connectivity index (χ2n) is 5.03. The summed E-state index contributed by atoms with van der Waals surface area (Å²) in [5.74, 6) is -0.329. The molecular weight excluding hydrogens is 312 g/mol. The Morgan fingerprint density at radius 1 is 1.21 bits per heavy atom. The molecular formula is C16H16N4O4. The van der Waals surface area contributed by atoms with Crippen LogP contribution in [0.25, 0.3) is 0 Å². The Morgan fingerprint density at radius 3 is 2.46 bits per heavy atom. The third kappa shape index (κ3) is 3.42. The van der Waals surface area contributed by atoms with Crippen LogP contribution in [0.4, 0.5) is 11.4 Å². The predicted octanol–water partition coefficient (Wildman–Crippen LogP) is 2.24. The van der Waals surface area contributed by atoms with Crippen LogP contribution in [-0.2, 0) is 6.54 Å². The number of benzene rings is 1. The van der Waals surface area contributed by atoms with Crippen LogP contribution in [0.1, 0.15) is 17.5 Å². The predicted molar refractivity (Wildman–Crippen MR) is 85.8 cm³/mol. The number of phenols is 1. The van der Waals surface area contributed by atoms with Gasteiger partial charge in [-0.3, -0.25) is 9.36 Å². The molecule has 0 fully saturated rings. The average molecular weight is 328 g/mol. The molecule has 1 heterocycles. The number of hydrogen-bond donors (Lipinski definition) is 3. The van der Waals surface area contributed by atoms with Gasteiger partial charge < -0.3 is 15.3 Å². The molecule has 0 saturated heterocycles. The molecule has 2 aromatic rings. The van der Waals surface area contributed by atoms with Gasteiger partial charge in [-0.05, 0) is 37.6 Å². The first-order valence-corrected chi connectivity index (χ1v) is 7.17. The maximum Gasteiger partial charge on any atom is 0.271 e. The maximum atomic E-state index is 12.2. The lowest BCUT2D eigenvalue weighted by Crippen LogP contribution is -2.24.